The maximum absolute atomic E-state index is 15.1. The van der Waals surface area contributed by atoms with Crippen molar-refractivity contribution in [3.8, 4) is 0 Å². The highest BCUT2D eigenvalue weighted by atomic mass is 32.7. The molecule has 2 aliphatic rings. The van der Waals surface area contributed by atoms with Crippen LogP contribution in [0.3, 0.4) is 0 Å². The summed E-state index contributed by atoms with van der Waals surface area (Å²) in [6.07, 6.45) is -6.08. The van der Waals surface area contributed by atoms with Crippen LogP contribution in [0.25, 0.3) is 21.5 Å². The molecule has 2 unspecified atom stereocenters. The third-order valence-electron chi connectivity index (χ3n) is 7.09. The van der Waals surface area contributed by atoms with Gasteiger partial charge in [0.2, 0.25) is 0 Å². The van der Waals surface area contributed by atoms with E-state index in [2.05, 4.69) is 49.4 Å². The molecule has 250 valence electrons. The van der Waals surface area contributed by atoms with E-state index in [1.54, 1.807) is 0 Å². The molecule has 25 heteroatoms. The van der Waals surface area contributed by atoms with Crippen molar-refractivity contribution < 1.29 is 46.2 Å². The Bertz CT molecular complexity index is 1920. The van der Waals surface area contributed by atoms with Crippen LogP contribution in [0.1, 0.15) is 18.9 Å². The predicted octanol–water partition coefficient (Wildman–Crippen LogP) is 1.88. The van der Waals surface area contributed by atoms with Crippen LogP contribution >= 0.6 is 49.4 Å². The van der Waals surface area contributed by atoms with Crippen molar-refractivity contribution in [1.29, 1.82) is 0 Å². The van der Waals surface area contributed by atoms with Crippen molar-refractivity contribution in [3.63, 3.8) is 0 Å². The summed E-state index contributed by atoms with van der Waals surface area (Å²) in [5.74, 6) is 0.143. The first kappa shape index (κ1) is 33.6. The van der Waals surface area contributed by atoms with Gasteiger partial charge in [-0.1, -0.05) is 35.8 Å². The van der Waals surface area contributed by atoms with Crippen molar-refractivity contribution in [2.45, 2.75) is 49.5 Å². The number of alkyl halides is 1. The van der Waals surface area contributed by atoms with Crippen LogP contribution in [-0.2, 0) is 36.7 Å². The van der Waals surface area contributed by atoms with E-state index >= 15 is 4.39 Å². The zero-order valence-corrected chi connectivity index (χ0v) is 27.8. The van der Waals surface area contributed by atoms with E-state index in [0.717, 1.165) is 18.0 Å². The Hall–Kier alpha value is -2.27. The molecule has 0 aliphatic carbocycles. The van der Waals surface area contributed by atoms with Crippen molar-refractivity contribution in [3.05, 3.63) is 28.6 Å². The fourth-order valence-electron chi connectivity index (χ4n) is 4.98. The van der Waals surface area contributed by atoms with Gasteiger partial charge < -0.3 is 30.6 Å². The SMILES string of the molecule is COP(=O)(S)OC[C@H]1O[C@@H](n2c(=O)sc3c(N)ncnc32)[C@@H](O)[C@H]1OP(=O)(S)OC[C@@H]1C[C@@H](F)[C@H](n2cnc3c(N)ncnc32)O1. The zero-order chi connectivity index (χ0) is 33.0. The Labute approximate surface area is 272 Å². The standard InChI is InChI=1S/C21H26FN9O10P2S3/c1-36-42(34,44)38-4-10-13(12(32)20(40-10)31-18-14(46-21(31)33)16(24)26-6-28-18)41-43(35,45)37-3-8-2-9(22)19(39-8)30-7-29-11-15(23)25-5-27-17(11)30/h5-10,12-13,19-20,32H,2-4H2,1H3,(H,34,44)(H,35,45)(H2,23,25,27)(H2,24,26,28)/t8-,9+,10+,12-,13-,19+,20+,42?,43?/m0/s1. The molecule has 6 heterocycles. The molecule has 2 saturated heterocycles. The third kappa shape index (κ3) is 6.56. The highest BCUT2D eigenvalue weighted by molar-refractivity contribution is 8.44. The van der Waals surface area contributed by atoms with E-state index in [1.807, 2.05) is 0 Å². The number of hydrogen-bond donors (Lipinski definition) is 5. The van der Waals surface area contributed by atoms with Crippen LogP contribution < -0.4 is 16.3 Å². The molecule has 46 heavy (non-hydrogen) atoms. The number of fused-ring (bicyclic) bond motifs is 2. The molecule has 19 nitrogen and oxygen atoms in total. The number of aliphatic hydroxyl groups excluding tert-OH is 1. The van der Waals surface area contributed by atoms with E-state index in [0.29, 0.717) is 11.3 Å². The minimum absolute atomic E-state index is 0.0286. The lowest BCUT2D eigenvalue weighted by atomic mass is 10.1. The highest BCUT2D eigenvalue weighted by Crippen LogP contribution is 2.57. The number of nitrogens with two attached hydrogens (primary N) is 2. The van der Waals surface area contributed by atoms with E-state index in [4.69, 9.17) is 39.0 Å². The molecular formula is C21H26FN9O10P2S3. The number of nitrogen functional groups attached to an aromatic ring is 2. The zero-order valence-electron chi connectivity index (χ0n) is 23.4. The van der Waals surface area contributed by atoms with Gasteiger partial charge in [0.25, 0.3) is 0 Å². The largest absolute Gasteiger partial charge is 0.386 e. The minimum atomic E-state index is -4.37. The summed E-state index contributed by atoms with van der Waals surface area (Å²) in [4.78, 5) is 32.3. The highest BCUT2D eigenvalue weighted by Gasteiger charge is 2.50. The van der Waals surface area contributed by atoms with Crippen molar-refractivity contribution in [2.75, 3.05) is 31.8 Å². The maximum atomic E-state index is 15.1. The Morgan fingerprint density at radius 3 is 2.48 bits per heavy atom. The molecule has 2 aliphatic heterocycles. The molecule has 0 bridgehead atoms. The van der Waals surface area contributed by atoms with Crippen molar-refractivity contribution in [1.82, 2.24) is 34.1 Å². The van der Waals surface area contributed by atoms with Crippen molar-refractivity contribution in [2.24, 2.45) is 0 Å². The van der Waals surface area contributed by atoms with Gasteiger partial charge in [-0.15, -0.1) is 0 Å². The quantitative estimate of drug-likeness (QED) is 0.109. The van der Waals surface area contributed by atoms with Crippen LogP contribution in [-0.4, -0.2) is 90.1 Å². The number of thiazole rings is 1. The van der Waals surface area contributed by atoms with Crippen LogP contribution in [0.2, 0.25) is 0 Å². The average molecular weight is 742 g/mol. The van der Waals surface area contributed by atoms with E-state index < -0.39 is 74.7 Å². The molecule has 9 atom stereocenters. The Morgan fingerprint density at radius 2 is 1.74 bits per heavy atom. The van der Waals surface area contributed by atoms with Gasteiger partial charge >= 0.3 is 18.5 Å². The second kappa shape index (κ2) is 13.0. The molecule has 0 radical (unpaired) electrons. The number of ether oxygens (including phenoxy) is 2. The summed E-state index contributed by atoms with van der Waals surface area (Å²) in [7, 11) is 1.10. The Kier molecular flexibility index (Phi) is 9.48. The summed E-state index contributed by atoms with van der Waals surface area (Å²) in [6.45, 7) is -9.21. The number of nitrogens with zero attached hydrogens (tertiary/aromatic N) is 7. The maximum Gasteiger partial charge on any atom is 0.386 e. The molecule has 2 fully saturated rings. The smallest absolute Gasteiger partial charge is 0.386 e. The number of thiol groups is 2. The first-order chi connectivity index (χ1) is 21.8. The van der Waals surface area contributed by atoms with Gasteiger partial charge in [-0.05, 0) is 0 Å². The first-order valence-corrected chi connectivity index (χ1v) is 19.4. The molecule has 0 aromatic carbocycles. The monoisotopic (exact) mass is 741 g/mol. The summed E-state index contributed by atoms with van der Waals surface area (Å²) in [6, 6.07) is 0. The van der Waals surface area contributed by atoms with E-state index in [9.17, 15) is 19.0 Å². The van der Waals surface area contributed by atoms with Crippen LogP contribution in [0, 0.1) is 0 Å². The van der Waals surface area contributed by atoms with Gasteiger partial charge in [0.15, 0.2) is 29.6 Å². The van der Waals surface area contributed by atoms with Gasteiger partial charge in [-0.3, -0.25) is 27.5 Å². The minimum Gasteiger partial charge on any atom is -0.386 e. The van der Waals surface area contributed by atoms with Gasteiger partial charge in [0.05, 0.1) is 25.6 Å². The number of rotatable bonds is 11. The second-order valence-corrected chi connectivity index (χ2v) is 16.8. The lowest BCUT2D eigenvalue weighted by Gasteiger charge is -2.25. The number of imidazole rings is 1. The van der Waals surface area contributed by atoms with E-state index in [1.165, 1.54) is 17.2 Å². The Morgan fingerprint density at radius 1 is 1.04 bits per heavy atom. The molecule has 4 aromatic rings. The normalized spacial score (nSPS) is 29.4. The fraction of sp³-hybridized carbons (Fsp3) is 0.524. The summed E-state index contributed by atoms with van der Waals surface area (Å²) in [5, 5.41) is 11.3. The number of aliphatic hydroxyl groups is 1. The number of aromatic nitrogens is 7. The van der Waals surface area contributed by atoms with Crippen LogP contribution in [0.5, 0.6) is 0 Å². The van der Waals surface area contributed by atoms with Crippen molar-refractivity contribution >= 4 is 82.6 Å². The number of hydrogen-bond acceptors (Lipinski definition) is 18. The summed E-state index contributed by atoms with van der Waals surface area (Å²) < 4.78 is 76.0. The lowest BCUT2D eigenvalue weighted by Crippen LogP contribution is -2.36. The first-order valence-electron chi connectivity index (χ1n) is 13.1. The molecule has 5 N–H and O–H groups in total. The number of anilines is 2. The molecule has 0 spiro atoms. The van der Waals surface area contributed by atoms with Crippen LogP contribution in [0.15, 0.2) is 23.8 Å². The number of halogens is 1. The van der Waals surface area contributed by atoms with Gasteiger partial charge in [0.1, 0.15) is 53.2 Å². The molecule has 0 amide bonds. The van der Waals surface area contributed by atoms with Gasteiger partial charge in [-0.2, -0.15) is 0 Å². The average Bonchev–Trinajstić information content (AvgIpc) is 3.76. The molecular weight excluding hydrogens is 715 g/mol. The van der Waals surface area contributed by atoms with Gasteiger partial charge in [0, 0.05) is 13.5 Å². The molecule has 6 rings (SSSR count). The fourth-order valence-corrected chi connectivity index (χ4v) is 8.00. The third-order valence-corrected chi connectivity index (χ3v) is 11.4. The Balaban J connectivity index is 1.18. The molecule has 0 saturated carbocycles. The summed E-state index contributed by atoms with van der Waals surface area (Å²) in [5.41, 5.74) is 12.3. The molecule has 4 aromatic heterocycles. The van der Waals surface area contributed by atoms with Gasteiger partial charge in [-0.25, -0.2) is 38.4 Å². The predicted molar refractivity (Wildman–Crippen MR) is 166 cm³/mol. The van der Waals surface area contributed by atoms with Crippen LogP contribution in [0.4, 0.5) is 16.0 Å². The lowest BCUT2D eigenvalue weighted by molar-refractivity contribution is -0.0489. The van der Waals surface area contributed by atoms with E-state index in [-0.39, 0.29) is 39.6 Å². The second-order valence-electron chi connectivity index (χ2n) is 9.97. The summed E-state index contributed by atoms with van der Waals surface area (Å²) >= 11 is 8.56. The topological polar surface area (TPSA) is 253 Å².